The maximum atomic E-state index is 12.3. The fourth-order valence-electron chi connectivity index (χ4n) is 3.67. The van der Waals surface area contributed by atoms with Gasteiger partial charge < -0.3 is 4.74 Å². The van der Waals surface area contributed by atoms with Crippen molar-refractivity contribution in [2.45, 2.75) is 59.0 Å². The largest absolute Gasteiger partial charge is 0.458 e. The summed E-state index contributed by atoms with van der Waals surface area (Å²) >= 11 is 0. The molecule has 3 unspecified atom stereocenters. The molecule has 0 radical (unpaired) electrons. The molecule has 0 spiro atoms. The lowest BCUT2D eigenvalue weighted by Crippen LogP contribution is -2.28. The Morgan fingerprint density at radius 3 is 2.57 bits per heavy atom. The first-order valence-electron chi connectivity index (χ1n) is 8.37. The van der Waals surface area contributed by atoms with Crippen molar-refractivity contribution >= 4 is 5.97 Å². The van der Waals surface area contributed by atoms with Gasteiger partial charge in [0.1, 0.15) is 6.10 Å². The zero-order chi connectivity index (χ0) is 15.2. The molecule has 116 valence electrons. The van der Waals surface area contributed by atoms with Crippen LogP contribution in [0.5, 0.6) is 0 Å². The number of carbonyl (C=O) groups excluding carboxylic acids is 1. The highest BCUT2D eigenvalue weighted by Crippen LogP contribution is 2.38. The molecular weight excluding hydrogens is 260 g/mol. The van der Waals surface area contributed by atoms with Gasteiger partial charge >= 0.3 is 5.97 Å². The predicted molar refractivity (Wildman–Crippen MR) is 86.2 cm³/mol. The molecule has 1 fully saturated rings. The zero-order valence-electron chi connectivity index (χ0n) is 13.5. The van der Waals surface area contributed by atoms with Gasteiger partial charge in [-0.15, -0.1) is 0 Å². The lowest BCUT2D eigenvalue weighted by Gasteiger charge is -2.29. The molecule has 21 heavy (non-hydrogen) atoms. The summed E-state index contributed by atoms with van der Waals surface area (Å²) in [6, 6.07) is 9.35. The average Bonchev–Trinajstić information content (AvgIpc) is 2.93. The van der Waals surface area contributed by atoms with Crippen LogP contribution in [0, 0.1) is 17.8 Å². The molecule has 1 aromatic rings. The quantitative estimate of drug-likeness (QED) is 0.682. The Hall–Kier alpha value is -1.31. The second kappa shape index (κ2) is 7.63. The second-order valence-electron chi connectivity index (χ2n) is 6.70. The lowest BCUT2D eigenvalue weighted by molar-refractivity contribution is 0.0105. The standard InChI is InChI=1S/C19H28O2/c1-4-15(13-14(2)3)17-11-8-12-18(17)21-19(20)16-9-6-5-7-10-16/h5-7,9-10,14-15,17-18H,4,8,11-13H2,1-3H3. The van der Waals surface area contributed by atoms with Gasteiger partial charge in [0.2, 0.25) is 0 Å². The number of hydrogen-bond donors (Lipinski definition) is 0. The summed E-state index contributed by atoms with van der Waals surface area (Å²) in [5.41, 5.74) is 0.667. The van der Waals surface area contributed by atoms with Gasteiger partial charge in [0.05, 0.1) is 5.56 Å². The van der Waals surface area contributed by atoms with Crippen LogP contribution in [0.1, 0.15) is 63.2 Å². The van der Waals surface area contributed by atoms with Gasteiger partial charge in [-0.05, 0) is 55.6 Å². The normalized spacial score (nSPS) is 23.2. The van der Waals surface area contributed by atoms with Gasteiger partial charge in [-0.1, -0.05) is 45.4 Å². The van der Waals surface area contributed by atoms with Gasteiger partial charge in [0.25, 0.3) is 0 Å². The number of hydrogen-bond acceptors (Lipinski definition) is 2. The molecule has 0 aliphatic heterocycles. The van der Waals surface area contributed by atoms with Gasteiger partial charge in [-0.2, -0.15) is 0 Å². The van der Waals surface area contributed by atoms with Crippen LogP contribution < -0.4 is 0 Å². The first-order valence-corrected chi connectivity index (χ1v) is 8.37. The molecule has 2 heteroatoms. The van der Waals surface area contributed by atoms with E-state index in [1.165, 1.54) is 25.7 Å². The van der Waals surface area contributed by atoms with Gasteiger partial charge in [-0.3, -0.25) is 0 Å². The summed E-state index contributed by atoms with van der Waals surface area (Å²) in [5.74, 6) is 1.78. The van der Waals surface area contributed by atoms with E-state index >= 15 is 0 Å². The first kappa shape index (κ1) is 16.1. The fraction of sp³-hybridized carbons (Fsp3) is 0.632. The second-order valence-corrected chi connectivity index (χ2v) is 6.70. The number of esters is 1. The third-order valence-corrected chi connectivity index (χ3v) is 4.68. The maximum absolute atomic E-state index is 12.3. The van der Waals surface area contributed by atoms with E-state index in [4.69, 9.17) is 4.74 Å². The molecule has 0 amide bonds. The van der Waals surface area contributed by atoms with Crippen molar-refractivity contribution in [2.75, 3.05) is 0 Å². The Bertz CT molecular complexity index is 438. The van der Waals surface area contributed by atoms with E-state index < -0.39 is 0 Å². The lowest BCUT2D eigenvalue weighted by atomic mass is 9.81. The fourth-order valence-corrected chi connectivity index (χ4v) is 3.67. The van der Waals surface area contributed by atoms with Crippen LogP contribution in [0.3, 0.4) is 0 Å². The van der Waals surface area contributed by atoms with Crippen LogP contribution in [-0.4, -0.2) is 12.1 Å². The SMILES string of the molecule is CCC(CC(C)C)C1CCCC1OC(=O)c1ccccc1. The van der Waals surface area contributed by atoms with E-state index in [9.17, 15) is 4.79 Å². The van der Waals surface area contributed by atoms with Gasteiger partial charge in [0, 0.05) is 0 Å². The van der Waals surface area contributed by atoms with Crippen LogP contribution in [0.15, 0.2) is 30.3 Å². The highest BCUT2D eigenvalue weighted by atomic mass is 16.5. The van der Waals surface area contributed by atoms with Crippen molar-refractivity contribution < 1.29 is 9.53 Å². The summed E-state index contributed by atoms with van der Waals surface area (Å²) in [6.45, 7) is 6.83. The molecule has 0 aromatic heterocycles. The number of rotatable bonds is 6. The molecule has 0 N–H and O–H groups in total. The first-order chi connectivity index (χ1) is 10.1. The Morgan fingerprint density at radius 2 is 1.95 bits per heavy atom. The van der Waals surface area contributed by atoms with Crippen molar-refractivity contribution in [3.8, 4) is 0 Å². The molecule has 2 nitrogen and oxygen atoms in total. The molecule has 1 aromatic carbocycles. The van der Waals surface area contributed by atoms with E-state index in [1.54, 1.807) is 0 Å². The summed E-state index contributed by atoms with van der Waals surface area (Å²) in [6.07, 6.45) is 5.95. The van der Waals surface area contributed by atoms with E-state index in [1.807, 2.05) is 30.3 Å². The van der Waals surface area contributed by atoms with Crippen molar-refractivity contribution in [2.24, 2.45) is 17.8 Å². The van der Waals surface area contributed by atoms with Crippen molar-refractivity contribution in [3.05, 3.63) is 35.9 Å². The predicted octanol–water partition coefficient (Wildman–Crippen LogP) is 5.08. The minimum Gasteiger partial charge on any atom is -0.458 e. The van der Waals surface area contributed by atoms with Crippen LogP contribution in [0.4, 0.5) is 0 Å². The minimum absolute atomic E-state index is 0.112. The van der Waals surface area contributed by atoms with E-state index in [0.29, 0.717) is 23.3 Å². The Morgan fingerprint density at radius 1 is 1.24 bits per heavy atom. The van der Waals surface area contributed by atoms with Gasteiger partial charge in [0.15, 0.2) is 0 Å². The monoisotopic (exact) mass is 288 g/mol. The van der Waals surface area contributed by atoms with Crippen LogP contribution in [0.25, 0.3) is 0 Å². The third-order valence-electron chi connectivity index (χ3n) is 4.68. The number of benzene rings is 1. The van der Waals surface area contributed by atoms with Crippen molar-refractivity contribution in [1.82, 2.24) is 0 Å². The minimum atomic E-state index is -0.160. The Labute approximate surface area is 128 Å². The molecule has 3 atom stereocenters. The molecule has 0 bridgehead atoms. The van der Waals surface area contributed by atoms with Crippen LogP contribution in [-0.2, 0) is 4.74 Å². The molecule has 2 rings (SSSR count). The molecule has 0 saturated heterocycles. The highest BCUT2D eigenvalue weighted by molar-refractivity contribution is 5.89. The highest BCUT2D eigenvalue weighted by Gasteiger charge is 2.35. The number of ether oxygens (including phenoxy) is 1. The molecule has 1 aliphatic carbocycles. The molecule has 1 aliphatic rings. The summed E-state index contributed by atoms with van der Waals surface area (Å²) in [7, 11) is 0. The topological polar surface area (TPSA) is 26.3 Å². The van der Waals surface area contributed by atoms with Gasteiger partial charge in [-0.25, -0.2) is 4.79 Å². The zero-order valence-corrected chi connectivity index (χ0v) is 13.5. The summed E-state index contributed by atoms with van der Waals surface area (Å²) < 4.78 is 5.84. The van der Waals surface area contributed by atoms with E-state index in [-0.39, 0.29) is 12.1 Å². The Kier molecular flexibility index (Phi) is 5.84. The van der Waals surface area contributed by atoms with E-state index in [0.717, 1.165) is 6.42 Å². The maximum Gasteiger partial charge on any atom is 0.338 e. The van der Waals surface area contributed by atoms with Crippen LogP contribution in [0.2, 0.25) is 0 Å². The van der Waals surface area contributed by atoms with E-state index in [2.05, 4.69) is 20.8 Å². The number of carbonyl (C=O) groups is 1. The molecular formula is C19H28O2. The third kappa shape index (κ3) is 4.33. The average molecular weight is 288 g/mol. The Balaban J connectivity index is 2.00. The molecule has 0 heterocycles. The molecule has 1 saturated carbocycles. The smallest absolute Gasteiger partial charge is 0.338 e. The summed E-state index contributed by atoms with van der Waals surface area (Å²) in [4.78, 5) is 12.3. The van der Waals surface area contributed by atoms with Crippen molar-refractivity contribution in [1.29, 1.82) is 0 Å². The summed E-state index contributed by atoms with van der Waals surface area (Å²) in [5, 5.41) is 0. The van der Waals surface area contributed by atoms with Crippen LogP contribution >= 0.6 is 0 Å². The van der Waals surface area contributed by atoms with Crippen molar-refractivity contribution in [3.63, 3.8) is 0 Å².